The van der Waals surface area contributed by atoms with Gasteiger partial charge < -0.3 is 10.6 Å². The molecule has 0 aromatic heterocycles. The number of piperazine rings is 1. The molecule has 0 aliphatic carbocycles. The monoisotopic (exact) mass is 383 g/mol. The van der Waals surface area contributed by atoms with Gasteiger partial charge in [0, 0.05) is 32.7 Å². The molecule has 1 fully saturated rings. The molecule has 28 heavy (non-hydrogen) atoms. The van der Waals surface area contributed by atoms with Gasteiger partial charge >= 0.3 is 0 Å². The Balaban J connectivity index is 0.00000171. The fourth-order valence-corrected chi connectivity index (χ4v) is 2.91. The van der Waals surface area contributed by atoms with Crippen LogP contribution in [0.4, 0.5) is 0 Å². The third-order valence-corrected chi connectivity index (χ3v) is 4.30. The average molecular weight is 384 g/mol. The number of allylic oxidation sites excluding steroid dienone is 2. The van der Waals surface area contributed by atoms with E-state index in [1.807, 2.05) is 61.2 Å². The summed E-state index contributed by atoms with van der Waals surface area (Å²) in [6.07, 6.45) is 6.19. The molecule has 0 saturated carbocycles. The number of carbonyl (C=O) groups excluding carboxylic acids is 1. The van der Waals surface area contributed by atoms with Crippen LogP contribution in [-0.2, 0) is 11.2 Å². The number of nitrogens with two attached hydrogens (primary N) is 1. The molecule has 1 aromatic rings. The normalized spacial score (nSPS) is 15.2. The first-order valence-electron chi connectivity index (χ1n) is 9.88. The van der Waals surface area contributed by atoms with E-state index >= 15 is 0 Å². The maximum absolute atomic E-state index is 12.5. The lowest BCUT2D eigenvalue weighted by Crippen LogP contribution is -2.53. The van der Waals surface area contributed by atoms with Crippen molar-refractivity contribution in [2.45, 2.75) is 26.3 Å². The van der Waals surface area contributed by atoms with Crippen molar-refractivity contribution in [1.82, 2.24) is 9.80 Å². The first kappa shape index (κ1) is 25.6. The Bertz CT molecular complexity index is 602. The highest BCUT2D eigenvalue weighted by molar-refractivity contribution is 5.82. The molecule has 1 atom stereocenters. The zero-order valence-electron chi connectivity index (χ0n) is 17.6. The Kier molecular flexibility index (Phi) is 14.3. The summed E-state index contributed by atoms with van der Waals surface area (Å²) in [6.45, 7) is 21.5. The smallest absolute Gasteiger partial charge is 0.239 e. The van der Waals surface area contributed by atoms with E-state index in [-0.39, 0.29) is 5.91 Å². The van der Waals surface area contributed by atoms with Gasteiger partial charge in [-0.15, -0.1) is 13.2 Å². The average Bonchev–Trinajstić information content (AvgIpc) is 2.77. The molecular formula is C24H37N3O. The van der Waals surface area contributed by atoms with E-state index in [1.54, 1.807) is 6.08 Å². The van der Waals surface area contributed by atoms with Crippen LogP contribution in [0.2, 0.25) is 0 Å². The van der Waals surface area contributed by atoms with E-state index in [1.165, 1.54) is 0 Å². The van der Waals surface area contributed by atoms with Gasteiger partial charge in [0.15, 0.2) is 0 Å². The highest BCUT2D eigenvalue weighted by Gasteiger charge is 2.25. The highest BCUT2D eigenvalue weighted by Crippen LogP contribution is 2.09. The lowest BCUT2D eigenvalue weighted by molar-refractivity contribution is -0.134. The fourth-order valence-electron chi connectivity index (χ4n) is 2.91. The zero-order valence-corrected chi connectivity index (χ0v) is 17.6. The minimum Gasteiger partial charge on any atom is -0.339 e. The fraction of sp³-hybridized carbons (Fsp3) is 0.375. The summed E-state index contributed by atoms with van der Waals surface area (Å²) in [6, 6.07) is 9.46. The number of carbonyl (C=O) groups is 1. The van der Waals surface area contributed by atoms with Gasteiger partial charge in [0.25, 0.3) is 0 Å². The molecule has 1 saturated heterocycles. The largest absolute Gasteiger partial charge is 0.339 e. The molecule has 4 heteroatoms. The molecule has 0 bridgehead atoms. The van der Waals surface area contributed by atoms with Crippen molar-refractivity contribution >= 4 is 5.91 Å². The Labute approximate surface area is 171 Å². The summed E-state index contributed by atoms with van der Waals surface area (Å²) in [5, 5.41) is 0. The minimum absolute atomic E-state index is 0.0454. The first-order chi connectivity index (χ1) is 13.6. The van der Waals surface area contributed by atoms with Crippen LogP contribution in [0.1, 0.15) is 19.4 Å². The van der Waals surface area contributed by atoms with Crippen molar-refractivity contribution in [1.29, 1.82) is 0 Å². The second kappa shape index (κ2) is 15.6. The van der Waals surface area contributed by atoms with Gasteiger partial charge in [-0.1, -0.05) is 75.6 Å². The molecular weight excluding hydrogens is 346 g/mol. The van der Waals surface area contributed by atoms with E-state index in [0.717, 1.165) is 43.9 Å². The number of hydrogen-bond donors (Lipinski definition) is 1. The van der Waals surface area contributed by atoms with Crippen LogP contribution in [0, 0.1) is 0 Å². The number of nitrogens with zero attached hydrogens (tertiary/aromatic N) is 2. The maximum Gasteiger partial charge on any atom is 0.239 e. The van der Waals surface area contributed by atoms with Gasteiger partial charge in [-0.25, -0.2) is 0 Å². The van der Waals surface area contributed by atoms with Crippen LogP contribution in [0.3, 0.4) is 0 Å². The summed E-state index contributed by atoms with van der Waals surface area (Å²) in [5.74, 6) is 0.0454. The quantitative estimate of drug-likeness (QED) is 0.575. The number of amides is 1. The van der Waals surface area contributed by atoms with E-state index in [4.69, 9.17) is 5.73 Å². The summed E-state index contributed by atoms with van der Waals surface area (Å²) >= 11 is 0. The third kappa shape index (κ3) is 8.98. The summed E-state index contributed by atoms with van der Waals surface area (Å²) < 4.78 is 0. The van der Waals surface area contributed by atoms with E-state index < -0.39 is 6.04 Å². The van der Waals surface area contributed by atoms with Gasteiger partial charge in [0.2, 0.25) is 5.91 Å². The summed E-state index contributed by atoms with van der Waals surface area (Å²) in [5.41, 5.74) is 8.36. The molecule has 1 aliphatic heterocycles. The van der Waals surface area contributed by atoms with Crippen molar-refractivity contribution in [3.63, 3.8) is 0 Å². The number of benzene rings is 1. The number of hydrogen-bond acceptors (Lipinski definition) is 3. The van der Waals surface area contributed by atoms with Crippen molar-refractivity contribution in [2.24, 2.45) is 5.73 Å². The molecule has 2 N–H and O–H groups in total. The van der Waals surface area contributed by atoms with Crippen molar-refractivity contribution < 1.29 is 4.79 Å². The standard InChI is InChI=1S/C20H27N3O.C2H6.C2H4/c1-3-8-17(4-2)16-22-11-13-23(14-12-22)20(24)19(21)15-18-9-6-5-7-10-18;2*1-2/h3-10,19H,1-2,11-16,21H2;1-2H3;1-2H2/b17-8+;;. The zero-order chi connectivity index (χ0) is 21.4. The Morgan fingerprint density at radius 2 is 1.68 bits per heavy atom. The minimum atomic E-state index is -0.469. The lowest BCUT2D eigenvalue weighted by atomic mass is 10.1. The van der Waals surface area contributed by atoms with Gasteiger partial charge in [-0.3, -0.25) is 9.69 Å². The molecule has 1 amide bonds. The highest BCUT2D eigenvalue weighted by atomic mass is 16.2. The van der Waals surface area contributed by atoms with Gasteiger partial charge in [0.05, 0.1) is 6.04 Å². The molecule has 1 unspecified atom stereocenters. The van der Waals surface area contributed by atoms with Crippen molar-refractivity contribution in [3.8, 4) is 0 Å². The predicted molar refractivity (Wildman–Crippen MR) is 122 cm³/mol. The van der Waals surface area contributed by atoms with Crippen LogP contribution < -0.4 is 5.73 Å². The second-order valence-electron chi connectivity index (χ2n) is 6.08. The summed E-state index contributed by atoms with van der Waals surface area (Å²) in [7, 11) is 0. The summed E-state index contributed by atoms with van der Waals surface area (Å²) in [4.78, 5) is 16.7. The van der Waals surface area contributed by atoms with Crippen LogP contribution in [0.25, 0.3) is 0 Å². The van der Waals surface area contributed by atoms with Crippen LogP contribution in [0.5, 0.6) is 0 Å². The van der Waals surface area contributed by atoms with E-state index in [0.29, 0.717) is 6.42 Å². The lowest BCUT2D eigenvalue weighted by Gasteiger charge is -2.36. The third-order valence-electron chi connectivity index (χ3n) is 4.30. The van der Waals surface area contributed by atoms with Crippen LogP contribution in [0.15, 0.2) is 80.4 Å². The van der Waals surface area contributed by atoms with Crippen LogP contribution >= 0.6 is 0 Å². The molecule has 1 aliphatic rings. The molecule has 2 rings (SSSR count). The van der Waals surface area contributed by atoms with E-state index in [2.05, 4.69) is 31.2 Å². The van der Waals surface area contributed by atoms with Crippen molar-refractivity contribution in [3.05, 3.63) is 86.0 Å². The number of rotatable bonds is 7. The van der Waals surface area contributed by atoms with Gasteiger partial charge in [-0.05, 0) is 17.6 Å². The predicted octanol–water partition coefficient (Wildman–Crippen LogP) is 3.83. The SMILES string of the molecule is C=C.C=C/C=C(\C=C)CN1CCN(C(=O)C(N)Cc2ccccc2)CC1.CC. The Morgan fingerprint density at radius 1 is 1.11 bits per heavy atom. The van der Waals surface area contributed by atoms with Gasteiger partial charge in [-0.2, -0.15) is 0 Å². The van der Waals surface area contributed by atoms with Crippen LogP contribution in [-0.4, -0.2) is 54.5 Å². The molecule has 1 heterocycles. The molecule has 154 valence electrons. The Morgan fingerprint density at radius 3 is 2.18 bits per heavy atom. The topological polar surface area (TPSA) is 49.6 Å². The molecule has 0 spiro atoms. The maximum atomic E-state index is 12.5. The van der Waals surface area contributed by atoms with E-state index in [9.17, 15) is 4.79 Å². The molecule has 0 radical (unpaired) electrons. The molecule has 1 aromatic carbocycles. The van der Waals surface area contributed by atoms with Gasteiger partial charge in [0.1, 0.15) is 0 Å². The second-order valence-corrected chi connectivity index (χ2v) is 6.08. The van der Waals surface area contributed by atoms with Crippen molar-refractivity contribution in [2.75, 3.05) is 32.7 Å². The molecule has 4 nitrogen and oxygen atoms in total. The first-order valence-corrected chi connectivity index (χ1v) is 9.88. The Hall–Kier alpha value is -2.43.